The van der Waals surface area contributed by atoms with Crippen LogP contribution in [0.5, 0.6) is 0 Å². The molecule has 0 aliphatic heterocycles. The molecule has 0 aromatic heterocycles. The van der Waals surface area contributed by atoms with Gasteiger partial charge in [-0.1, -0.05) is 20.8 Å². The standard InChI is InChI=1S/C5H11.W/c1-5(2,3)4;/h1H2,2-4H3;. The third kappa shape index (κ3) is 135. The molecule has 37 valence electrons. The molecule has 0 aromatic rings. The summed E-state index contributed by atoms with van der Waals surface area (Å²) in [5.74, 6) is 0. The quantitative estimate of drug-likeness (QED) is 0.619. The molecule has 0 spiro atoms. The van der Waals surface area contributed by atoms with E-state index >= 15 is 0 Å². The molecule has 0 aromatic carbocycles. The Labute approximate surface area is 54.6 Å². The Hall–Kier alpha value is 0.688. The van der Waals surface area contributed by atoms with Crippen molar-refractivity contribution >= 4 is 0 Å². The Balaban J connectivity index is 0. The second-order valence-electron chi connectivity index (χ2n) is 2.56. The Morgan fingerprint density at radius 1 is 1.17 bits per heavy atom. The van der Waals surface area contributed by atoms with E-state index in [4.69, 9.17) is 0 Å². The van der Waals surface area contributed by atoms with Gasteiger partial charge in [-0.15, -0.1) is 0 Å². The number of hydrogen-bond acceptors (Lipinski definition) is 0. The van der Waals surface area contributed by atoms with Crippen molar-refractivity contribution < 1.29 is 21.1 Å². The Morgan fingerprint density at radius 2 is 1.17 bits per heavy atom. The zero-order valence-electron chi connectivity index (χ0n) is 4.62. The van der Waals surface area contributed by atoms with Crippen LogP contribution in [0.15, 0.2) is 0 Å². The maximum atomic E-state index is 3.77. The van der Waals surface area contributed by atoms with E-state index in [1.165, 1.54) is 0 Å². The number of hydrogen-bond donors (Lipinski definition) is 0. The van der Waals surface area contributed by atoms with Gasteiger partial charge in [0.25, 0.3) is 0 Å². The summed E-state index contributed by atoms with van der Waals surface area (Å²) in [5.41, 5.74) is 0.250. The van der Waals surface area contributed by atoms with E-state index in [-0.39, 0.29) is 26.5 Å². The van der Waals surface area contributed by atoms with Crippen molar-refractivity contribution in [2.75, 3.05) is 0 Å². The molecular formula is C5H11W. The fourth-order valence-corrected chi connectivity index (χ4v) is 0. The van der Waals surface area contributed by atoms with Crippen molar-refractivity contribution in [2.45, 2.75) is 20.8 Å². The molecule has 0 aliphatic carbocycles. The molecule has 1 heteroatoms. The van der Waals surface area contributed by atoms with Gasteiger partial charge in [0.1, 0.15) is 0 Å². The fraction of sp³-hybridized carbons (Fsp3) is 0.800. The summed E-state index contributed by atoms with van der Waals surface area (Å²) in [4.78, 5) is 0. The van der Waals surface area contributed by atoms with Crippen LogP contribution in [-0.4, -0.2) is 0 Å². The van der Waals surface area contributed by atoms with E-state index in [0.29, 0.717) is 0 Å². The van der Waals surface area contributed by atoms with Gasteiger partial charge in [-0.05, 0) is 12.3 Å². The van der Waals surface area contributed by atoms with Gasteiger partial charge in [-0.25, -0.2) is 0 Å². The Kier molecular flexibility index (Phi) is 4.59. The zero-order valence-corrected chi connectivity index (χ0v) is 7.55. The maximum Gasteiger partial charge on any atom is 0 e. The fourth-order valence-electron chi connectivity index (χ4n) is 0. The van der Waals surface area contributed by atoms with Gasteiger partial charge in [0.15, 0.2) is 0 Å². The third-order valence-corrected chi connectivity index (χ3v) is 0. The van der Waals surface area contributed by atoms with Crippen LogP contribution in [0.25, 0.3) is 0 Å². The van der Waals surface area contributed by atoms with E-state index in [1.54, 1.807) is 0 Å². The smallest absolute Gasteiger partial charge is 0 e. The predicted octanol–water partition coefficient (Wildman–Crippen LogP) is 1.86. The molecule has 0 bridgehead atoms. The van der Waals surface area contributed by atoms with E-state index < -0.39 is 0 Å². The molecule has 0 atom stereocenters. The molecule has 1 radical (unpaired) electrons. The van der Waals surface area contributed by atoms with E-state index in [9.17, 15) is 0 Å². The van der Waals surface area contributed by atoms with Gasteiger partial charge < -0.3 is 0 Å². The van der Waals surface area contributed by atoms with Gasteiger partial charge >= 0.3 is 0 Å². The molecule has 0 N–H and O–H groups in total. The first kappa shape index (κ1) is 9.85. The first-order valence-corrected chi connectivity index (χ1v) is 1.85. The molecule has 0 nitrogen and oxygen atoms in total. The normalized spacial score (nSPS) is 10.0. The van der Waals surface area contributed by atoms with Crippen LogP contribution in [0.1, 0.15) is 20.8 Å². The molecule has 0 saturated carbocycles. The average Bonchev–Trinajstić information content (AvgIpc) is 0.722. The van der Waals surface area contributed by atoms with E-state index in [2.05, 4.69) is 27.7 Å². The summed E-state index contributed by atoms with van der Waals surface area (Å²) < 4.78 is 0. The van der Waals surface area contributed by atoms with Gasteiger partial charge in [0.05, 0.1) is 0 Å². The SMILES string of the molecule is [CH2]C(C)(C)C.[W]. The van der Waals surface area contributed by atoms with Crippen molar-refractivity contribution in [3.8, 4) is 0 Å². The second kappa shape index (κ2) is 2.80. The molecule has 0 aliphatic rings. The van der Waals surface area contributed by atoms with Crippen molar-refractivity contribution in [3.05, 3.63) is 6.92 Å². The molecule has 0 amide bonds. The van der Waals surface area contributed by atoms with Crippen LogP contribution in [0.2, 0.25) is 0 Å². The van der Waals surface area contributed by atoms with Crippen LogP contribution in [0.4, 0.5) is 0 Å². The predicted molar refractivity (Wildman–Crippen MR) is 24.8 cm³/mol. The summed E-state index contributed by atoms with van der Waals surface area (Å²) >= 11 is 0. The average molecular weight is 255 g/mol. The van der Waals surface area contributed by atoms with Crippen LogP contribution in [0, 0.1) is 12.3 Å². The van der Waals surface area contributed by atoms with Gasteiger partial charge in [0.2, 0.25) is 0 Å². The van der Waals surface area contributed by atoms with E-state index in [1.807, 2.05) is 0 Å². The third-order valence-electron chi connectivity index (χ3n) is 0. The first-order valence-electron chi connectivity index (χ1n) is 1.85. The summed E-state index contributed by atoms with van der Waals surface area (Å²) in [5, 5.41) is 0. The second-order valence-corrected chi connectivity index (χ2v) is 2.56. The number of rotatable bonds is 0. The van der Waals surface area contributed by atoms with Crippen molar-refractivity contribution in [1.29, 1.82) is 0 Å². The van der Waals surface area contributed by atoms with Crippen LogP contribution < -0.4 is 0 Å². The van der Waals surface area contributed by atoms with Crippen LogP contribution in [-0.2, 0) is 21.1 Å². The largest absolute Gasteiger partial charge is 0.0602 e. The minimum absolute atomic E-state index is 0. The molecule has 0 unspecified atom stereocenters. The van der Waals surface area contributed by atoms with Crippen molar-refractivity contribution in [3.63, 3.8) is 0 Å². The van der Waals surface area contributed by atoms with Crippen molar-refractivity contribution in [1.82, 2.24) is 0 Å². The summed E-state index contributed by atoms with van der Waals surface area (Å²) in [7, 11) is 0. The molecule has 0 heterocycles. The van der Waals surface area contributed by atoms with Crippen LogP contribution >= 0.6 is 0 Å². The first-order chi connectivity index (χ1) is 2.00. The zero-order chi connectivity index (χ0) is 4.50. The molecular weight excluding hydrogens is 244 g/mol. The topological polar surface area (TPSA) is 0 Å². The Morgan fingerprint density at radius 3 is 1.17 bits per heavy atom. The van der Waals surface area contributed by atoms with Gasteiger partial charge in [-0.2, -0.15) is 0 Å². The molecule has 6 heavy (non-hydrogen) atoms. The summed E-state index contributed by atoms with van der Waals surface area (Å²) in [6.45, 7) is 10.0. The minimum Gasteiger partial charge on any atom is -0.0602 e. The molecule has 0 saturated heterocycles. The monoisotopic (exact) mass is 255 g/mol. The molecule has 0 fully saturated rings. The summed E-state index contributed by atoms with van der Waals surface area (Å²) in [6, 6.07) is 0. The molecule has 0 rings (SSSR count). The Bertz CT molecular complexity index is 19.4. The summed E-state index contributed by atoms with van der Waals surface area (Å²) in [6.07, 6.45) is 0. The van der Waals surface area contributed by atoms with Crippen molar-refractivity contribution in [2.24, 2.45) is 5.41 Å². The minimum atomic E-state index is 0. The van der Waals surface area contributed by atoms with Crippen LogP contribution in [0.3, 0.4) is 0 Å². The van der Waals surface area contributed by atoms with Gasteiger partial charge in [-0.3, -0.25) is 0 Å². The maximum absolute atomic E-state index is 3.77. The van der Waals surface area contributed by atoms with Gasteiger partial charge in [0, 0.05) is 21.1 Å². The van der Waals surface area contributed by atoms with E-state index in [0.717, 1.165) is 0 Å².